The highest BCUT2D eigenvalue weighted by Crippen LogP contribution is 2.09. The Labute approximate surface area is 97.9 Å². The van der Waals surface area contributed by atoms with Gasteiger partial charge < -0.3 is 27.2 Å². The molecule has 3 N–H and O–H groups in total. The van der Waals surface area contributed by atoms with E-state index < -0.39 is 5.97 Å². The number of carboxylic acids is 1. The van der Waals surface area contributed by atoms with E-state index in [1.165, 1.54) is 0 Å². The molecule has 5 heteroatoms. The van der Waals surface area contributed by atoms with Crippen molar-refractivity contribution in [3.8, 4) is 0 Å². The summed E-state index contributed by atoms with van der Waals surface area (Å²) in [5, 5.41) is 26.6. The quantitative estimate of drug-likeness (QED) is 0.392. The Kier molecular flexibility index (Phi) is 10.6. The third kappa shape index (κ3) is 6.76. The number of carbonyl (C=O) groups is 1. The average Bonchev–Trinajstić information content (AvgIpc) is 2.16. The molecule has 16 heavy (non-hydrogen) atoms. The fourth-order valence-corrected chi connectivity index (χ4v) is 1.90. The molecule has 0 atom stereocenters. The first-order valence-corrected chi connectivity index (χ1v) is 5.39. The minimum Gasteiger partial charge on any atom is -0.481 e. The van der Waals surface area contributed by atoms with Gasteiger partial charge in [-0.3, -0.25) is 4.79 Å². The lowest BCUT2D eigenvalue weighted by Crippen LogP contribution is -2.53. The molecule has 0 aliphatic carbocycles. The van der Waals surface area contributed by atoms with Crippen LogP contribution in [0.15, 0.2) is 0 Å². The van der Waals surface area contributed by atoms with E-state index in [2.05, 4.69) is 0 Å². The molecule has 0 aromatic rings. The molecular weight excluding hydrogens is 210 g/mol. The second kappa shape index (κ2) is 9.57. The number of aliphatic carboxylic acids is 1. The number of rotatable bonds is 9. The topological polar surface area (TPSA) is 77.8 Å². The maximum Gasteiger partial charge on any atom is 0.309 e. The fraction of sp³-hybridized carbons (Fsp3) is 0.818. The zero-order valence-electron chi connectivity index (χ0n) is 10.4. The molecule has 0 heterocycles. The first-order valence-electron chi connectivity index (χ1n) is 5.39. The van der Waals surface area contributed by atoms with E-state index in [-0.39, 0.29) is 27.1 Å². The van der Waals surface area contributed by atoms with Gasteiger partial charge in [0, 0.05) is 0 Å². The van der Waals surface area contributed by atoms with Gasteiger partial charge in [-0.25, -0.2) is 0 Å². The van der Waals surface area contributed by atoms with Crippen LogP contribution >= 0.6 is 0 Å². The number of aliphatic hydroxyl groups excluding tert-OH is 2. The van der Waals surface area contributed by atoms with Crippen LogP contribution in [0, 0.1) is 7.43 Å². The minimum atomic E-state index is -0.829. The summed E-state index contributed by atoms with van der Waals surface area (Å²) in [7, 11) is 0. The molecule has 0 rings (SSSR count). The predicted octanol–water partition coefficient (Wildman–Crippen LogP) is 0.123. The van der Waals surface area contributed by atoms with Gasteiger partial charge in [-0.15, -0.1) is 0 Å². The molecule has 0 amide bonds. The van der Waals surface area contributed by atoms with Gasteiger partial charge in [-0.1, -0.05) is 6.92 Å². The number of hydrogen-bond donors (Lipinski definition) is 3. The van der Waals surface area contributed by atoms with Crippen LogP contribution in [-0.2, 0) is 4.79 Å². The van der Waals surface area contributed by atoms with Crippen molar-refractivity contribution in [2.45, 2.75) is 19.8 Å². The Bertz CT molecular complexity index is 168. The van der Waals surface area contributed by atoms with Crippen molar-refractivity contribution in [3.05, 3.63) is 7.43 Å². The van der Waals surface area contributed by atoms with Crippen LogP contribution in [0.3, 0.4) is 0 Å². The molecule has 0 unspecified atom stereocenters. The van der Waals surface area contributed by atoms with Gasteiger partial charge in [0.1, 0.15) is 13.1 Å². The van der Waals surface area contributed by atoms with Crippen molar-refractivity contribution in [1.29, 1.82) is 0 Å². The summed E-state index contributed by atoms with van der Waals surface area (Å²) in [5.74, 6) is -0.829. The van der Waals surface area contributed by atoms with Crippen LogP contribution in [0.25, 0.3) is 0 Å². The van der Waals surface area contributed by atoms with Gasteiger partial charge in [0.15, 0.2) is 0 Å². The number of nitrogens with zero attached hydrogens (tertiary/aromatic N) is 1. The van der Waals surface area contributed by atoms with Crippen molar-refractivity contribution < 1.29 is 24.6 Å². The predicted molar refractivity (Wildman–Crippen MR) is 62.9 cm³/mol. The van der Waals surface area contributed by atoms with Crippen LogP contribution in [-0.4, -0.2) is 65.2 Å². The van der Waals surface area contributed by atoms with E-state index >= 15 is 0 Å². The molecular formula is C11H25NO4. The summed E-state index contributed by atoms with van der Waals surface area (Å²) < 4.78 is 0.496. The summed E-state index contributed by atoms with van der Waals surface area (Å²) in [6.07, 6.45) is 1.000. The van der Waals surface area contributed by atoms with E-state index in [4.69, 9.17) is 15.3 Å². The van der Waals surface area contributed by atoms with Crippen LogP contribution in [0.2, 0.25) is 0 Å². The van der Waals surface area contributed by atoms with Gasteiger partial charge >= 0.3 is 5.97 Å². The lowest BCUT2D eigenvalue weighted by atomic mass is 10.2. The van der Waals surface area contributed by atoms with Crippen LogP contribution in [0.5, 0.6) is 0 Å². The Morgan fingerprint density at radius 1 is 1.06 bits per heavy atom. The van der Waals surface area contributed by atoms with E-state index in [0.717, 1.165) is 13.0 Å². The third-order valence-electron chi connectivity index (χ3n) is 2.65. The first-order chi connectivity index (χ1) is 7.10. The highest BCUT2D eigenvalue weighted by molar-refractivity contribution is 5.66. The second-order valence-electron chi connectivity index (χ2n) is 3.83. The lowest BCUT2D eigenvalue weighted by molar-refractivity contribution is -0.928. The zero-order valence-corrected chi connectivity index (χ0v) is 10.4. The van der Waals surface area contributed by atoms with Crippen molar-refractivity contribution in [2.24, 2.45) is 0 Å². The summed E-state index contributed by atoms with van der Waals surface area (Å²) in [4.78, 5) is 10.5. The first kappa shape index (κ1) is 17.7. The normalized spacial score (nSPS) is 10.9. The van der Waals surface area contributed by atoms with Crippen molar-refractivity contribution >= 4 is 5.97 Å². The molecule has 0 aromatic heterocycles. The molecule has 0 saturated carbocycles. The number of quaternary nitrogens is 1. The SMILES string of the molecule is CCC[N+](CCO)(CCO)CCC(=O)O.[CH3-]. The van der Waals surface area contributed by atoms with E-state index in [1.54, 1.807) is 0 Å². The lowest BCUT2D eigenvalue weighted by Gasteiger charge is -2.37. The Hall–Kier alpha value is -0.650. The van der Waals surface area contributed by atoms with E-state index in [1.807, 2.05) is 6.92 Å². The summed E-state index contributed by atoms with van der Waals surface area (Å²) >= 11 is 0. The maximum atomic E-state index is 10.5. The minimum absolute atomic E-state index is 0. The number of hydrogen-bond acceptors (Lipinski definition) is 3. The molecule has 0 spiro atoms. The van der Waals surface area contributed by atoms with E-state index in [9.17, 15) is 4.79 Å². The Morgan fingerprint density at radius 2 is 1.56 bits per heavy atom. The average molecular weight is 235 g/mol. The maximum absolute atomic E-state index is 10.5. The van der Waals surface area contributed by atoms with Crippen molar-refractivity contribution in [1.82, 2.24) is 0 Å². The zero-order chi connectivity index (χ0) is 11.7. The standard InChI is InChI=1S/C10H21NO4.CH3/c1-2-4-11(6-8-12,7-9-13)5-3-10(14)15;/h12-13H,2-9H2,1H3;1H3/q;-1/p+1. The van der Waals surface area contributed by atoms with Crippen LogP contribution < -0.4 is 0 Å². The Morgan fingerprint density at radius 3 is 1.88 bits per heavy atom. The van der Waals surface area contributed by atoms with E-state index in [0.29, 0.717) is 24.1 Å². The molecule has 98 valence electrons. The molecule has 0 aromatic carbocycles. The highest BCUT2D eigenvalue weighted by Gasteiger charge is 2.26. The molecule has 0 fully saturated rings. The smallest absolute Gasteiger partial charge is 0.309 e. The summed E-state index contributed by atoms with van der Waals surface area (Å²) in [6, 6.07) is 0. The van der Waals surface area contributed by atoms with Crippen molar-refractivity contribution in [2.75, 3.05) is 39.4 Å². The van der Waals surface area contributed by atoms with Gasteiger partial charge in [0.25, 0.3) is 0 Å². The van der Waals surface area contributed by atoms with Gasteiger partial charge in [0.2, 0.25) is 0 Å². The number of carboxylic acid groups (broad SMARTS) is 1. The largest absolute Gasteiger partial charge is 0.481 e. The highest BCUT2D eigenvalue weighted by atomic mass is 16.4. The van der Waals surface area contributed by atoms with Gasteiger partial charge in [-0.05, 0) is 6.42 Å². The molecule has 0 saturated heterocycles. The fourth-order valence-electron chi connectivity index (χ4n) is 1.90. The summed E-state index contributed by atoms with van der Waals surface area (Å²) in [6.45, 7) is 4.38. The third-order valence-corrected chi connectivity index (χ3v) is 2.65. The molecule has 0 aliphatic heterocycles. The second-order valence-corrected chi connectivity index (χ2v) is 3.83. The Balaban J connectivity index is 0. The molecule has 0 aliphatic rings. The molecule has 0 bridgehead atoms. The van der Waals surface area contributed by atoms with Crippen molar-refractivity contribution in [3.63, 3.8) is 0 Å². The monoisotopic (exact) mass is 235 g/mol. The number of aliphatic hydroxyl groups is 2. The summed E-state index contributed by atoms with van der Waals surface area (Å²) in [5.41, 5.74) is 0. The van der Waals surface area contributed by atoms with Crippen LogP contribution in [0.4, 0.5) is 0 Å². The van der Waals surface area contributed by atoms with Gasteiger partial charge in [-0.2, -0.15) is 0 Å². The molecule has 0 radical (unpaired) electrons. The molecule has 5 nitrogen and oxygen atoms in total. The van der Waals surface area contributed by atoms with Gasteiger partial charge in [0.05, 0.1) is 32.7 Å². The van der Waals surface area contributed by atoms with Crippen LogP contribution in [0.1, 0.15) is 19.8 Å².